The Bertz CT molecular complexity index is 1160. The minimum Gasteiger partial charge on any atom is -0.346 e. The molecule has 1 amide bonds. The third-order valence-corrected chi connectivity index (χ3v) is 6.21. The van der Waals surface area contributed by atoms with Gasteiger partial charge in [0.1, 0.15) is 5.82 Å². The average molecular weight is 447 g/mol. The molecular formula is C22H20ClFN2O3S. The zero-order chi connectivity index (χ0) is 21.9. The van der Waals surface area contributed by atoms with E-state index in [2.05, 4.69) is 10.0 Å². The van der Waals surface area contributed by atoms with Crippen LogP contribution < -0.4 is 10.0 Å². The van der Waals surface area contributed by atoms with E-state index in [0.717, 1.165) is 5.56 Å². The molecule has 0 saturated heterocycles. The van der Waals surface area contributed by atoms with Gasteiger partial charge in [0.2, 0.25) is 0 Å². The summed E-state index contributed by atoms with van der Waals surface area (Å²) in [7, 11) is -3.78. The number of carbonyl (C=O) groups is 1. The number of aryl methyl sites for hydroxylation is 1. The van der Waals surface area contributed by atoms with Gasteiger partial charge >= 0.3 is 0 Å². The topological polar surface area (TPSA) is 75.3 Å². The number of sulfonamides is 1. The van der Waals surface area contributed by atoms with Crippen LogP contribution in [-0.4, -0.2) is 14.3 Å². The maximum atomic E-state index is 13.1. The molecule has 8 heteroatoms. The summed E-state index contributed by atoms with van der Waals surface area (Å²) in [6.45, 7) is 3.51. The summed E-state index contributed by atoms with van der Waals surface area (Å²) in [5.74, 6) is -0.661. The quantitative estimate of drug-likeness (QED) is 0.554. The number of benzene rings is 3. The number of nitrogens with one attached hydrogen (secondary N) is 2. The average Bonchev–Trinajstić information content (AvgIpc) is 2.70. The number of halogens is 2. The summed E-state index contributed by atoms with van der Waals surface area (Å²) < 4.78 is 40.7. The molecule has 3 aromatic rings. The zero-order valence-corrected chi connectivity index (χ0v) is 17.9. The van der Waals surface area contributed by atoms with Crippen molar-refractivity contribution < 1.29 is 17.6 Å². The molecule has 2 N–H and O–H groups in total. The molecule has 0 spiro atoms. The maximum absolute atomic E-state index is 13.1. The minimum atomic E-state index is -3.78. The SMILES string of the molecule is Cc1cc(C(=O)N[C@@H](C)c2ccc(F)cc2)ccc1NS(=O)(=O)c1ccc(Cl)cc1. The molecule has 0 aliphatic heterocycles. The van der Waals surface area contributed by atoms with Gasteiger partial charge in [-0.05, 0) is 79.6 Å². The number of hydrogen-bond acceptors (Lipinski definition) is 3. The van der Waals surface area contributed by atoms with Crippen LogP contribution in [0, 0.1) is 12.7 Å². The molecule has 0 aromatic heterocycles. The fourth-order valence-corrected chi connectivity index (χ4v) is 4.11. The summed E-state index contributed by atoms with van der Waals surface area (Å²) in [6, 6.07) is 16.1. The first-order valence-electron chi connectivity index (χ1n) is 9.11. The van der Waals surface area contributed by atoms with Gasteiger partial charge in [-0.15, -0.1) is 0 Å². The molecule has 0 heterocycles. The van der Waals surface area contributed by atoms with E-state index < -0.39 is 10.0 Å². The van der Waals surface area contributed by atoms with E-state index in [1.165, 1.54) is 36.4 Å². The van der Waals surface area contributed by atoms with Crippen molar-refractivity contribution in [2.24, 2.45) is 0 Å². The first kappa shape index (κ1) is 21.8. The van der Waals surface area contributed by atoms with Crippen LogP contribution in [0.5, 0.6) is 0 Å². The highest BCUT2D eigenvalue weighted by atomic mass is 35.5. The molecule has 156 valence electrons. The van der Waals surface area contributed by atoms with Crippen LogP contribution in [0.1, 0.15) is 34.5 Å². The maximum Gasteiger partial charge on any atom is 0.261 e. The van der Waals surface area contributed by atoms with Gasteiger partial charge in [-0.2, -0.15) is 0 Å². The molecule has 3 rings (SSSR count). The Morgan fingerprint density at radius 1 is 1.00 bits per heavy atom. The fraction of sp³-hybridized carbons (Fsp3) is 0.136. The lowest BCUT2D eigenvalue weighted by atomic mass is 10.1. The molecule has 0 radical (unpaired) electrons. The molecule has 5 nitrogen and oxygen atoms in total. The van der Waals surface area contributed by atoms with Crippen molar-refractivity contribution in [3.63, 3.8) is 0 Å². The van der Waals surface area contributed by atoms with Gasteiger partial charge in [0.05, 0.1) is 16.6 Å². The van der Waals surface area contributed by atoms with Crippen molar-refractivity contribution in [1.82, 2.24) is 5.32 Å². The van der Waals surface area contributed by atoms with E-state index in [1.807, 2.05) is 0 Å². The monoisotopic (exact) mass is 446 g/mol. The lowest BCUT2D eigenvalue weighted by molar-refractivity contribution is 0.0940. The Labute approximate surface area is 179 Å². The van der Waals surface area contributed by atoms with Gasteiger partial charge in [0.15, 0.2) is 0 Å². The van der Waals surface area contributed by atoms with Crippen LogP contribution in [0.2, 0.25) is 5.02 Å². The molecule has 0 saturated carbocycles. The molecule has 30 heavy (non-hydrogen) atoms. The molecule has 3 aromatic carbocycles. The van der Waals surface area contributed by atoms with E-state index in [9.17, 15) is 17.6 Å². The van der Waals surface area contributed by atoms with Gasteiger partial charge in [0, 0.05) is 10.6 Å². The smallest absolute Gasteiger partial charge is 0.261 e. The zero-order valence-electron chi connectivity index (χ0n) is 16.3. The summed E-state index contributed by atoms with van der Waals surface area (Å²) in [5, 5.41) is 3.29. The number of hydrogen-bond donors (Lipinski definition) is 2. The first-order valence-corrected chi connectivity index (χ1v) is 11.0. The van der Waals surface area contributed by atoms with Crippen LogP contribution in [0.25, 0.3) is 0 Å². The van der Waals surface area contributed by atoms with Crippen LogP contribution in [-0.2, 0) is 10.0 Å². The van der Waals surface area contributed by atoms with Gasteiger partial charge in [-0.25, -0.2) is 12.8 Å². The second kappa shape index (κ2) is 8.85. The van der Waals surface area contributed by atoms with Gasteiger partial charge < -0.3 is 5.32 Å². The molecule has 0 bridgehead atoms. The Hall–Kier alpha value is -2.90. The van der Waals surface area contributed by atoms with Crippen LogP contribution >= 0.6 is 11.6 Å². The fourth-order valence-electron chi connectivity index (χ4n) is 2.85. The second-order valence-electron chi connectivity index (χ2n) is 6.84. The predicted octanol–water partition coefficient (Wildman–Crippen LogP) is 5.08. The lowest BCUT2D eigenvalue weighted by Crippen LogP contribution is -2.26. The number of anilines is 1. The van der Waals surface area contributed by atoms with E-state index in [0.29, 0.717) is 21.8 Å². The number of carbonyl (C=O) groups excluding carboxylic acids is 1. The normalized spacial score (nSPS) is 12.3. The molecule has 0 unspecified atom stereocenters. The first-order chi connectivity index (χ1) is 14.2. The van der Waals surface area contributed by atoms with Crippen molar-refractivity contribution in [3.8, 4) is 0 Å². The summed E-state index contributed by atoms with van der Waals surface area (Å²) in [4.78, 5) is 12.6. The molecular weight excluding hydrogens is 427 g/mol. The second-order valence-corrected chi connectivity index (χ2v) is 8.95. The minimum absolute atomic E-state index is 0.0845. The summed E-state index contributed by atoms with van der Waals surface area (Å²) in [5.41, 5.74) is 2.12. The summed E-state index contributed by atoms with van der Waals surface area (Å²) in [6.07, 6.45) is 0. The van der Waals surface area contributed by atoms with E-state index >= 15 is 0 Å². The van der Waals surface area contributed by atoms with Crippen molar-refractivity contribution in [3.05, 3.63) is 94.3 Å². The van der Waals surface area contributed by atoms with E-state index in [-0.39, 0.29) is 22.7 Å². The highest BCUT2D eigenvalue weighted by molar-refractivity contribution is 7.92. The van der Waals surface area contributed by atoms with Crippen LogP contribution in [0.15, 0.2) is 71.6 Å². The Kier molecular flexibility index (Phi) is 6.43. The Morgan fingerprint density at radius 2 is 1.63 bits per heavy atom. The van der Waals surface area contributed by atoms with Crippen LogP contribution in [0.3, 0.4) is 0 Å². The number of rotatable bonds is 6. The Morgan fingerprint density at radius 3 is 2.23 bits per heavy atom. The lowest BCUT2D eigenvalue weighted by Gasteiger charge is -2.16. The summed E-state index contributed by atoms with van der Waals surface area (Å²) >= 11 is 5.81. The van der Waals surface area contributed by atoms with Crippen LogP contribution in [0.4, 0.5) is 10.1 Å². The van der Waals surface area contributed by atoms with Gasteiger partial charge in [-0.1, -0.05) is 23.7 Å². The Balaban J connectivity index is 1.73. The standard InChI is InChI=1S/C22H20ClFN2O3S/c1-14-13-17(22(27)25-15(2)16-3-8-19(24)9-4-16)5-12-21(14)26-30(28,29)20-10-6-18(23)7-11-20/h3-13,15,26H,1-2H3,(H,25,27)/t15-/m0/s1. The molecule has 0 fully saturated rings. The van der Waals surface area contributed by atoms with Gasteiger partial charge in [-0.3, -0.25) is 9.52 Å². The van der Waals surface area contributed by atoms with Crippen molar-refractivity contribution in [1.29, 1.82) is 0 Å². The highest BCUT2D eigenvalue weighted by Crippen LogP contribution is 2.22. The van der Waals surface area contributed by atoms with Crippen molar-refractivity contribution in [2.75, 3.05) is 4.72 Å². The third-order valence-electron chi connectivity index (χ3n) is 4.57. The van der Waals surface area contributed by atoms with E-state index in [4.69, 9.17) is 11.6 Å². The van der Waals surface area contributed by atoms with Gasteiger partial charge in [0.25, 0.3) is 15.9 Å². The van der Waals surface area contributed by atoms with Crippen molar-refractivity contribution in [2.45, 2.75) is 24.8 Å². The van der Waals surface area contributed by atoms with Crippen molar-refractivity contribution >= 4 is 33.2 Å². The molecule has 0 aliphatic carbocycles. The largest absolute Gasteiger partial charge is 0.346 e. The molecule has 0 aliphatic rings. The molecule has 1 atom stereocenters. The predicted molar refractivity (Wildman–Crippen MR) is 116 cm³/mol. The number of amides is 1. The third kappa shape index (κ3) is 5.17. The van der Waals surface area contributed by atoms with E-state index in [1.54, 1.807) is 44.2 Å². The highest BCUT2D eigenvalue weighted by Gasteiger charge is 2.17.